The molecular weight excluding hydrogens is 296 g/mol. The Balaban J connectivity index is 1.76. The average Bonchev–Trinajstić information content (AvgIpc) is 3.16. The normalized spacial score (nSPS) is 10.7. The van der Waals surface area contributed by atoms with Gasteiger partial charge in [0.25, 0.3) is 0 Å². The van der Waals surface area contributed by atoms with Gasteiger partial charge in [0, 0.05) is 36.8 Å². The number of benzene rings is 1. The number of anilines is 1. The predicted octanol–water partition coefficient (Wildman–Crippen LogP) is 3.28. The van der Waals surface area contributed by atoms with Gasteiger partial charge in [0.1, 0.15) is 5.75 Å². The van der Waals surface area contributed by atoms with Crippen LogP contribution in [0.25, 0.3) is 5.69 Å². The Labute approximate surface area is 133 Å². The molecule has 0 spiro atoms. The number of aromatic nitrogens is 3. The molecular formula is C16H18N4OS. The zero-order chi connectivity index (χ0) is 15.5. The predicted molar refractivity (Wildman–Crippen MR) is 89.1 cm³/mol. The van der Waals surface area contributed by atoms with Crippen LogP contribution in [0.3, 0.4) is 0 Å². The summed E-state index contributed by atoms with van der Waals surface area (Å²) in [6, 6.07) is 7.85. The second-order valence-corrected chi connectivity index (χ2v) is 5.96. The Morgan fingerprint density at radius 2 is 2.23 bits per heavy atom. The molecule has 2 aromatic heterocycles. The number of ether oxygens (including phenoxy) is 1. The van der Waals surface area contributed by atoms with Gasteiger partial charge in [0.2, 0.25) is 0 Å². The first-order valence-electron chi connectivity index (χ1n) is 6.97. The molecule has 0 aliphatic rings. The van der Waals surface area contributed by atoms with Crippen LogP contribution in [0.5, 0.6) is 5.75 Å². The van der Waals surface area contributed by atoms with Crippen molar-refractivity contribution in [3.8, 4) is 11.4 Å². The lowest BCUT2D eigenvalue weighted by Gasteiger charge is -2.14. The molecule has 0 aliphatic carbocycles. The van der Waals surface area contributed by atoms with Crippen LogP contribution in [0.15, 0.2) is 42.0 Å². The molecule has 1 aromatic carbocycles. The molecule has 22 heavy (non-hydrogen) atoms. The summed E-state index contributed by atoms with van der Waals surface area (Å²) in [5.74, 6) is 0.824. The highest BCUT2D eigenvalue weighted by atomic mass is 32.1. The maximum Gasteiger partial charge on any atom is 0.185 e. The molecule has 3 rings (SSSR count). The molecule has 114 valence electrons. The zero-order valence-electron chi connectivity index (χ0n) is 12.9. The van der Waals surface area contributed by atoms with Crippen molar-refractivity contribution in [2.24, 2.45) is 0 Å². The van der Waals surface area contributed by atoms with Crippen LogP contribution in [0.4, 0.5) is 5.13 Å². The fourth-order valence-electron chi connectivity index (χ4n) is 2.19. The van der Waals surface area contributed by atoms with Gasteiger partial charge in [-0.2, -0.15) is 5.10 Å². The molecule has 0 saturated heterocycles. The molecule has 0 bridgehead atoms. The molecule has 0 amide bonds. The van der Waals surface area contributed by atoms with Crippen molar-refractivity contribution in [1.82, 2.24) is 14.8 Å². The van der Waals surface area contributed by atoms with Crippen molar-refractivity contribution in [1.29, 1.82) is 0 Å². The lowest BCUT2D eigenvalue weighted by molar-refractivity contribution is 0.414. The first kappa shape index (κ1) is 14.6. The second-order valence-electron chi connectivity index (χ2n) is 5.12. The molecule has 5 nitrogen and oxygen atoms in total. The fraction of sp³-hybridized carbons (Fsp3) is 0.250. The largest absolute Gasteiger partial charge is 0.497 e. The Morgan fingerprint density at radius 3 is 2.95 bits per heavy atom. The molecule has 6 heteroatoms. The molecule has 2 heterocycles. The number of aryl methyl sites for hydroxylation is 1. The number of thiazole rings is 1. The molecule has 0 N–H and O–H groups in total. The molecule has 0 radical (unpaired) electrons. The number of hydrogen-bond donors (Lipinski definition) is 0. The van der Waals surface area contributed by atoms with Gasteiger partial charge in [0.15, 0.2) is 5.13 Å². The van der Waals surface area contributed by atoms with Gasteiger partial charge in [-0.15, -0.1) is 11.3 Å². The number of nitrogens with zero attached hydrogens (tertiary/aromatic N) is 4. The van der Waals surface area contributed by atoms with Gasteiger partial charge in [-0.05, 0) is 19.1 Å². The van der Waals surface area contributed by atoms with Crippen molar-refractivity contribution in [2.45, 2.75) is 13.5 Å². The van der Waals surface area contributed by atoms with Crippen molar-refractivity contribution in [3.63, 3.8) is 0 Å². The van der Waals surface area contributed by atoms with E-state index in [1.807, 2.05) is 55.3 Å². The van der Waals surface area contributed by atoms with Crippen molar-refractivity contribution < 1.29 is 4.74 Å². The SMILES string of the molecule is COc1cccc(-n2cc(CN(C)c3nc(C)cs3)cn2)c1. The van der Waals surface area contributed by atoms with E-state index in [-0.39, 0.29) is 0 Å². The van der Waals surface area contributed by atoms with Crippen molar-refractivity contribution >= 4 is 16.5 Å². The molecule has 0 saturated carbocycles. The number of rotatable bonds is 5. The lowest BCUT2D eigenvalue weighted by Crippen LogP contribution is -2.15. The molecule has 0 unspecified atom stereocenters. The van der Waals surface area contributed by atoms with E-state index in [1.165, 1.54) is 0 Å². The summed E-state index contributed by atoms with van der Waals surface area (Å²) in [4.78, 5) is 6.62. The average molecular weight is 314 g/mol. The van der Waals surface area contributed by atoms with Crippen LogP contribution in [0.2, 0.25) is 0 Å². The van der Waals surface area contributed by atoms with Crippen molar-refractivity contribution in [3.05, 3.63) is 53.3 Å². The van der Waals surface area contributed by atoms with Crippen LogP contribution < -0.4 is 9.64 Å². The van der Waals surface area contributed by atoms with Crippen molar-refractivity contribution in [2.75, 3.05) is 19.1 Å². The van der Waals surface area contributed by atoms with Gasteiger partial charge in [-0.3, -0.25) is 0 Å². The molecule has 3 aromatic rings. The number of hydrogen-bond acceptors (Lipinski definition) is 5. The summed E-state index contributed by atoms with van der Waals surface area (Å²) in [7, 11) is 3.71. The molecule has 0 fully saturated rings. The lowest BCUT2D eigenvalue weighted by atomic mass is 10.3. The highest BCUT2D eigenvalue weighted by Crippen LogP contribution is 2.21. The Kier molecular flexibility index (Phi) is 4.11. The monoisotopic (exact) mass is 314 g/mol. The maximum absolute atomic E-state index is 5.25. The van der Waals surface area contributed by atoms with Gasteiger partial charge in [0.05, 0.1) is 24.7 Å². The zero-order valence-corrected chi connectivity index (χ0v) is 13.7. The third kappa shape index (κ3) is 3.12. The number of methoxy groups -OCH3 is 1. The van der Waals surface area contributed by atoms with Gasteiger partial charge in [-0.1, -0.05) is 6.07 Å². The summed E-state index contributed by atoms with van der Waals surface area (Å²) < 4.78 is 7.11. The standard InChI is InChI=1S/C16H18N4OS/c1-12-11-22-16(18-12)19(2)9-13-8-17-20(10-13)14-5-4-6-15(7-14)21-3/h4-8,10-11H,9H2,1-3H3. The van der Waals surface area contributed by atoms with Crippen LogP contribution >= 0.6 is 11.3 Å². The Morgan fingerprint density at radius 1 is 1.36 bits per heavy atom. The summed E-state index contributed by atoms with van der Waals surface area (Å²) >= 11 is 1.66. The van der Waals surface area contributed by atoms with Gasteiger partial charge in [-0.25, -0.2) is 9.67 Å². The van der Waals surface area contributed by atoms with E-state index in [4.69, 9.17) is 4.74 Å². The first-order valence-corrected chi connectivity index (χ1v) is 7.85. The minimum absolute atomic E-state index is 0.775. The van der Waals surface area contributed by atoms with Crippen LogP contribution in [0.1, 0.15) is 11.3 Å². The Hall–Kier alpha value is -2.34. The quantitative estimate of drug-likeness (QED) is 0.725. The highest BCUT2D eigenvalue weighted by molar-refractivity contribution is 7.13. The Bertz CT molecular complexity index is 765. The minimum Gasteiger partial charge on any atom is -0.497 e. The van der Waals surface area contributed by atoms with E-state index in [1.54, 1.807) is 18.4 Å². The topological polar surface area (TPSA) is 43.2 Å². The van der Waals surface area contributed by atoms with Crippen LogP contribution in [-0.4, -0.2) is 28.9 Å². The van der Waals surface area contributed by atoms with E-state index >= 15 is 0 Å². The fourth-order valence-corrected chi connectivity index (χ4v) is 2.96. The van der Waals surface area contributed by atoms with Gasteiger partial charge >= 0.3 is 0 Å². The van der Waals surface area contributed by atoms with E-state index in [0.29, 0.717) is 0 Å². The van der Waals surface area contributed by atoms with E-state index < -0.39 is 0 Å². The first-order chi connectivity index (χ1) is 10.7. The van der Waals surface area contributed by atoms with Gasteiger partial charge < -0.3 is 9.64 Å². The van der Waals surface area contributed by atoms with Crippen LogP contribution in [0, 0.1) is 6.92 Å². The van der Waals surface area contributed by atoms with E-state index in [9.17, 15) is 0 Å². The van der Waals surface area contributed by atoms with E-state index in [0.717, 1.165) is 34.4 Å². The third-order valence-electron chi connectivity index (χ3n) is 3.31. The summed E-state index contributed by atoms with van der Waals surface area (Å²) in [6.45, 7) is 2.78. The third-order valence-corrected chi connectivity index (χ3v) is 4.38. The summed E-state index contributed by atoms with van der Waals surface area (Å²) in [5, 5.41) is 7.51. The second kappa shape index (κ2) is 6.19. The maximum atomic E-state index is 5.25. The summed E-state index contributed by atoms with van der Waals surface area (Å²) in [5.41, 5.74) is 3.18. The summed E-state index contributed by atoms with van der Waals surface area (Å²) in [6.07, 6.45) is 3.92. The van der Waals surface area contributed by atoms with E-state index in [2.05, 4.69) is 20.4 Å². The minimum atomic E-state index is 0.775. The smallest absolute Gasteiger partial charge is 0.185 e. The van der Waals surface area contributed by atoms with Crippen LogP contribution in [-0.2, 0) is 6.54 Å². The highest BCUT2D eigenvalue weighted by Gasteiger charge is 2.08. The molecule has 0 aliphatic heterocycles. The molecule has 0 atom stereocenters.